The average Bonchev–Trinajstić information content (AvgIpc) is 2.89. The average molecular weight is 392 g/mol. The monoisotopic (exact) mass is 391 g/mol. The fraction of sp³-hybridized carbons (Fsp3) is 0.167. The second-order valence-electron chi connectivity index (χ2n) is 5.52. The lowest BCUT2D eigenvalue weighted by Crippen LogP contribution is -2.31. The summed E-state index contributed by atoms with van der Waals surface area (Å²) < 4.78 is 13.0. The van der Waals surface area contributed by atoms with Crippen molar-refractivity contribution in [1.82, 2.24) is 0 Å². The second-order valence-corrected chi connectivity index (χ2v) is 7.15. The van der Waals surface area contributed by atoms with Gasteiger partial charge in [0.05, 0.1) is 5.69 Å². The molecule has 3 rings (SSSR count). The molecule has 1 atom stereocenters. The van der Waals surface area contributed by atoms with E-state index in [1.54, 1.807) is 43.4 Å². The zero-order valence-corrected chi connectivity index (χ0v) is 15.4. The van der Waals surface area contributed by atoms with Gasteiger partial charge in [-0.2, -0.15) is 0 Å². The van der Waals surface area contributed by atoms with E-state index in [1.807, 2.05) is 0 Å². The van der Waals surface area contributed by atoms with Crippen LogP contribution in [0.2, 0.25) is 5.02 Å². The molecule has 2 amide bonds. The smallest absolute Gasteiger partial charge is 0.247 e. The third-order valence-electron chi connectivity index (χ3n) is 3.72. The molecule has 0 saturated carbocycles. The van der Waals surface area contributed by atoms with Crippen LogP contribution in [0.4, 0.5) is 15.8 Å². The van der Waals surface area contributed by atoms with Crippen LogP contribution in [0.15, 0.2) is 53.5 Å². The van der Waals surface area contributed by atoms with Gasteiger partial charge in [0, 0.05) is 24.2 Å². The topological polar surface area (TPSA) is 61.8 Å². The number of anilines is 2. The standard InChI is InChI=1S/C18H15ClFN3O2S/c1-21-18(22-13-7-5-12(20)6-8-13)26-15-10-16(24)23(17(15)25)14-4-2-3-11(19)9-14/h2-9,15H,10H2,1H3,(H,21,22). The van der Waals surface area contributed by atoms with Gasteiger partial charge in [-0.25, -0.2) is 9.29 Å². The molecule has 5 nitrogen and oxygen atoms in total. The van der Waals surface area contributed by atoms with Crippen LogP contribution in [-0.2, 0) is 9.59 Å². The molecule has 2 aromatic rings. The Bertz CT molecular complexity index is 873. The molecular formula is C18H15ClFN3O2S. The number of rotatable bonds is 3. The quantitative estimate of drug-likeness (QED) is 0.489. The number of carbonyl (C=O) groups is 2. The van der Waals surface area contributed by atoms with E-state index >= 15 is 0 Å². The summed E-state index contributed by atoms with van der Waals surface area (Å²) in [4.78, 5) is 30.3. The van der Waals surface area contributed by atoms with Crippen molar-refractivity contribution in [2.24, 2.45) is 4.99 Å². The Morgan fingerprint density at radius 3 is 2.65 bits per heavy atom. The summed E-state index contributed by atoms with van der Waals surface area (Å²) in [6.45, 7) is 0. The number of hydrogen-bond donors (Lipinski definition) is 1. The van der Waals surface area contributed by atoms with Crippen LogP contribution in [0.25, 0.3) is 0 Å². The molecule has 134 valence electrons. The van der Waals surface area contributed by atoms with Crippen molar-refractivity contribution in [1.29, 1.82) is 0 Å². The largest absolute Gasteiger partial charge is 0.335 e. The van der Waals surface area contributed by atoms with E-state index in [2.05, 4.69) is 10.3 Å². The molecule has 26 heavy (non-hydrogen) atoms. The predicted octanol–water partition coefficient (Wildman–Crippen LogP) is 3.94. The van der Waals surface area contributed by atoms with E-state index in [-0.39, 0.29) is 24.1 Å². The summed E-state index contributed by atoms with van der Waals surface area (Å²) in [6.07, 6.45) is 0.0696. The van der Waals surface area contributed by atoms with Gasteiger partial charge in [0.2, 0.25) is 11.8 Å². The molecule has 0 radical (unpaired) electrons. The van der Waals surface area contributed by atoms with Gasteiger partial charge in [-0.15, -0.1) is 0 Å². The maximum absolute atomic E-state index is 13.0. The highest BCUT2D eigenvalue weighted by molar-refractivity contribution is 8.15. The van der Waals surface area contributed by atoms with Crippen molar-refractivity contribution in [2.45, 2.75) is 11.7 Å². The number of aliphatic imine (C=N–C) groups is 1. The molecule has 2 aromatic carbocycles. The Hall–Kier alpha value is -2.38. The predicted molar refractivity (Wildman–Crippen MR) is 103 cm³/mol. The Balaban J connectivity index is 1.72. The van der Waals surface area contributed by atoms with Gasteiger partial charge in [-0.05, 0) is 42.5 Å². The first-order valence-electron chi connectivity index (χ1n) is 7.76. The summed E-state index contributed by atoms with van der Waals surface area (Å²) in [6, 6.07) is 12.4. The Morgan fingerprint density at radius 1 is 1.27 bits per heavy atom. The van der Waals surface area contributed by atoms with Crippen LogP contribution >= 0.6 is 23.4 Å². The summed E-state index contributed by atoms with van der Waals surface area (Å²) in [5.41, 5.74) is 1.10. The third kappa shape index (κ3) is 4.05. The number of benzene rings is 2. The van der Waals surface area contributed by atoms with Gasteiger partial charge < -0.3 is 5.32 Å². The number of imide groups is 1. The number of thioether (sulfide) groups is 1. The normalized spacial score (nSPS) is 17.7. The van der Waals surface area contributed by atoms with Crippen molar-refractivity contribution in [2.75, 3.05) is 17.3 Å². The third-order valence-corrected chi connectivity index (χ3v) is 5.12. The number of hydrogen-bond acceptors (Lipinski definition) is 4. The molecule has 8 heteroatoms. The van der Waals surface area contributed by atoms with E-state index in [4.69, 9.17) is 11.6 Å². The van der Waals surface area contributed by atoms with Crippen molar-refractivity contribution in [3.05, 3.63) is 59.4 Å². The maximum Gasteiger partial charge on any atom is 0.247 e. The molecule has 0 aliphatic carbocycles. The van der Waals surface area contributed by atoms with Crippen LogP contribution in [0.3, 0.4) is 0 Å². The fourth-order valence-electron chi connectivity index (χ4n) is 2.51. The Kier molecular flexibility index (Phi) is 5.58. The van der Waals surface area contributed by atoms with Crippen molar-refractivity contribution < 1.29 is 14.0 Å². The highest BCUT2D eigenvalue weighted by Crippen LogP contribution is 2.31. The molecule has 0 bridgehead atoms. The molecule has 0 spiro atoms. The van der Waals surface area contributed by atoms with Gasteiger partial charge in [-0.1, -0.05) is 29.4 Å². The Labute approximate surface area is 159 Å². The van der Waals surface area contributed by atoms with Crippen molar-refractivity contribution >= 4 is 51.7 Å². The fourth-order valence-corrected chi connectivity index (χ4v) is 3.68. The van der Waals surface area contributed by atoms with Crippen LogP contribution in [-0.4, -0.2) is 29.3 Å². The summed E-state index contributed by atoms with van der Waals surface area (Å²) >= 11 is 7.12. The first kappa shape index (κ1) is 18.4. The molecule has 1 heterocycles. The lowest BCUT2D eigenvalue weighted by Gasteiger charge is -2.16. The first-order chi connectivity index (χ1) is 12.5. The molecule has 0 aromatic heterocycles. The van der Waals surface area contributed by atoms with Crippen molar-refractivity contribution in [3.63, 3.8) is 0 Å². The summed E-state index contributed by atoms with van der Waals surface area (Å²) in [5, 5.41) is 3.36. The van der Waals surface area contributed by atoms with Gasteiger partial charge in [0.1, 0.15) is 11.1 Å². The van der Waals surface area contributed by atoms with Gasteiger partial charge in [0.15, 0.2) is 5.17 Å². The molecule has 1 aliphatic rings. The van der Waals surface area contributed by atoms with E-state index in [0.29, 0.717) is 21.6 Å². The highest BCUT2D eigenvalue weighted by atomic mass is 35.5. The first-order valence-corrected chi connectivity index (χ1v) is 9.02. The van der Waals surface area contributed by atoms with E-state index in [0.717, 1.165) is 4.90 Å². The van der Waals surface area contributed by atoms with Gasteiger partial charge in [-0.3, -0.25) is 14.6 Å². The number of nitrogens with one attached hydrogen (secondary N) is 1. The molecule has 1 saturated heterocycles. The van der Waals surface area contributed by atoms with Crippen LogP contribution in [0, 0.1) is 5.82 Å². The Morgan fingerprint density at radius 2 is 2.00 bits per heavy atom. The van der Waals surface area contributed by atoms with Crippen LogP contribution in [0.5, 0.6) is 0 Å². The minimum atomic E-state index is -0.590. The van der Waals surface area contributed by atoms with Crippen molar-refractivity contribution in [3.8, 4) is 0 Å². The molecule has 1 fully saturated rings. The molecule has 1 N–H and O–H groups in total. The van der Waals surface area contributed by atoms with E-state index in [1.165, 1.54) is 23.9 Å². The molecule has 1 unspecified atom stereocenters. The zero-order valence-electron chi connectivity index (χ0n) is 13.8. The summed E-state index contributed by atoms with van der Waals surface area (Å²) in [7, 11) is 1.58. The van der Waals surface area contributed by atoms with Gasteiger partial charge >= 0.3 is 0 Å². The van der Waals surface area contributed by atoms with Crippen LogP contribution < -0.4 is 10.2 Å². The SMILES string of the molecule is CN=C(Nc1ccc(F)cc1)SC1CC(=O)N(c2cccc(Cl)c2)C1=O. The molecule has 1 aliphatic heterocycles. The number of halogens is 2. The number of carbonyl (C=O) groups excluding carboxylic acids is 2. The summed E-state index contributed by atoms with van der Waals surface area (Å²) in [5.74, 6) is -0.941. The number of nitrogens with zero attached hydrogens (tertiary/aromatic N) is 2. The minimum Gasteiger partial charge on any atom is -0.335 e. The zero-order chi connectivity index (χ0) is 18.7. The number of amidine groups is 1. The lowest BCUT2D eigenvalue weighted by molar-refractivity contribution is -0.121. The lowest BCUT2D eigenvalue weighted by atomic mass is 10.3. The minimum absolute atomic E-state index is 0.0696. The van der Waals surface area contributed by atoms with E-state index in [9.17, 15) is 14.0 Å². The van der Waals surface area contributed by atoms with Crippen LogP contribution in [0.1, 0.15) is 6.42 Å². The maximum atomic E-state index is 13.0. The van der Waals surface area contributed by atoms with Gasteiger partial charge in [0.25, 0.3) is 0 Å². The van der Waals surface area contributed by atoms with E-state index < -0.39 is 5.25 Å². The number of amides is 2. The molecular weight excluding hydrogens is 377 g/mol. The highest BCUT2D eigenvalue weighted by Gasteiger charge is 2.40. The second kappa shape index (κ2) is 7.88.